The van der Waals surface area contributed by atoms with Crippen molar-refractivity contribution in [1.29, 1.82) is 0 Å². The highest BCUT2D eigenvalue weighted by Crippen LogP contribution is 2.36. The van der Waals surface area contributed by atoms with Crippen LogP contribution in [0.25, 0.3) is 0 Å². The molecule has 0 fully saturated rings. The number of hydrogen-bond acceptors (Lipinski definition) is 10. The van der Waals surface area contributed by atoms with E-state index in [4.69, 9.17) is 68.5 Å². The second-order valence-electron chi connectivity index (χ2n) is 16.2. The lowest BCUT2D eigenvalue weighted by Gasteiger charge is -2.36. The van der Waals surface area contributed by atoms with E-state index in [1.165, 1.54) is 47.3 Å². The van der Waals surface area contributed by atoms with Gasteiger partial charge in [-0.25, -0.2) is 4.68 Å². The molecule has 1 aromatic heterocycles. The number of aliphatic hydroxyl groups is 1. The van der Waals surface area contributed by atoms with Crippen molar-refractivity contribution < 1.29 is 45.3 Å². The largest absolute Gasteiger partial charge is 0.505 e. The van der Waals surface area contributed by atoms with E-state index in [0.29, 0.717) is 22.7 Å². The van der Waals surface area contributed by atoms with Gasteiger partial charge in [0.25, 0.3) is 5.56 Å². The zero-order valence-corrected chi connectivity index (χ0v) is 37.4. The molecule has 0 radical (unpaired) electrons. The van der Waals surface area contributed by atoms with E-state index in [0.717, 1.165) is 13.1 Å². The molecule has 0 bridgehead atoms. The van der Waals surface area contributed by atoms with Crippen LogP contribution >= 0.6 is 23.2 Å². The Morgan fingerprint density at radius 3 is 1.82 bits per heavy atom. The van der Waals surface area contributed by atoms with Crippen molar-refractivity contribution in [3.8, 4) is 5.75 Å². The summed E-state index contributed by atoms with van der Waals surface area (Å²) in [6.07, 6.45) is 0.434. The molecule has 0 amide bonds. The monoisotopic (exact) mass is 860 g/mol. The normalized spacial score (nSPS) is 18.1. The Balaban J connectivity index is 0.000000420. The first-order chi connectivity index (χ1) is 30.8. The summed E-state index contributed by atoms with van der Waals surface area (Å²) in [6.45, 7) is 9.61. The van der Waals surface area contributed by atoms with Crippen LogP contribution in [0.5, 0.6) is 5.75 Å². The maximum atomic E-state index is 11.4. The first kappa shape index (κ1) is 33.6. The molecule has 0 saturated heterocycles. The van der Waals surface area contributed by atoms with Gasteiger partial charge < -0.3 is 28.8 Å². The summed E-state index contributed by atoms with van der Waals surface area (Å²) in [5, 5.41) is 27.9. The lowest BCUT2D eigenvalue weighted by atomic mass is 10.1. The van der Waals surface area contributed by atoms with E-state index in [1.807, 2.05) is 75.4 Å². The third kappa shape index (κ3) is 17.3. The SMILES string of the molecule is CC(C)(C)n1ncc(O)c(Cl)c1=O.[2H]C([2H])(O)c1ccc(COC([2H])([2H])C([2H])([2H])C)cc1.[2H]C([2H])(OC1=C(Cl)CN(C(C)(C)C)N=C1)c1ccc(COC([2H])([2H])C([2H])([2H])O[Si](C)(C)C(C)(C)C)cc1. The van der Waals surface area contributed by atoms with E-state index in [2.05, 4.69) is 10.2 Å². The molecule has 318 valence electrons. The highest BCUT2D eigenvalue weighted by Gasteiger charge is 2.36. The second kappa shape index (κ2) is 22.8. The fourth-order valence-electron chi connectivity index (χ4n) is 3.94. The first-order valence-corrected chi connectivity index (χ1v) is 21.7. The Morgan fingerprint density at radius 1 is 0.825 bits per heavy atom. The predicted octanol–water partition coefficient (Wildman–Crippen LogP) is 9.75. The highest BCUT2D eigenvalue weighted by molar-refractivity contribution is 6.74. The maximum Gasteiger partial charge on any atom is 0.289 e. The van der Waals surface area contributed by atoms with Crippen molar-refractivity contribution in [2.75, 3.05) is 26.2 Å². The fourth-order valence-corrected chi connectivity index (χ4v) is 4.87. The number of hydrazone groups is 1. The predicted molar refractivity (Wildman–Crippen MR) is 234 cm³/mol. The minimum atomic E-state index is -2.70. The van der Waals surface area contributed by atoms with E-state index < -0.39 is 58.6 Å². The molecule has 0 unspecified atom stereocenters. The van der Waals surface area contributed by atoms with Crippen molar-refractivity contribution in [3.63, 3.8) is 0 Å². The summed E-state index contributed by atoms with van der Waals surface area (Å²) in [5.41, 5.74) is 0.239. The van der Waals surface area contributed by atoms with Gasteiger partial charge in [-0.15, -0.1) is 0 Å². The molecule has 4 rings (SSSR count). The molecule has 3 aromatic rings. The number of aromatic nitrogens is 2. The molecule has 0 saturated carbocycles. The molecule has 1 aliphatic heterocycles. The van der Waals surface area contributed by atoms with Gasteiger partial charge in [0.15, 0.2) is 24.8 Å². The number of ether oxygens (including phenoxy) is 3. The molecule has 2 N–H and O–H groups in total. The molecule has 11 nitrogen and oxygen atoms in total. The molecule has 2 aromatic carbocycles. The van der Waals surface area contributed by atoms with Gasteiger partial charge >= 0.3 is 0 Å². The van der Waals surface area contributed by atoms with E-state index in [1.54, 1.807) is 17.1 Å². The Labute approximate surface area is 368 Å². The minimum Gasteiger partial charge on any atom is -0.505 e. The average molecular weight is 862 g/mol. The number of rotatable bonds is 14. The lowest BCUT2D eigenvalue weighted by molar-refractivity contribution is 0.0845. The van der Waals surface area contributed by atoms with Crippen LogP contribution in [-0.2, 0) is 50.5 Å². The summed E-state index contributed by atoms with van der Waals surface area (Å²) >= 11 is 11.9. The van der Waals surface area contributed by atoms with E-state index in [-0.39, 0.29) is 51.4 Å². The van der Waals surface area contributed by atoms with Gasteiger partial charge in [0, 0.05) is 14.8 Å². The molecule has 0 atom stereocenters. The molecular formula is C43H66Cl2N4O7Si. The summed E-state index contributed by atoms with van der Waals surface area (Å²) < 4.78 is 116. The van der Waals surface area contributed by atoms with Crippen molar-refractivity contribution in [2.24, 2.45) is 5.10 Å². The third-order valence-corrected chi connectivity index (χ3v) is 13.3. The zero-order chi connectivity index (χ0) is 53.8. The smallest absolute Gasteiger partial charge is 0.289 e. The summed E-state index contributed by atoms with van der Waals surface area (Å²) in [4.78, 5) is 11.4. The standard InChI is InChI=1S/C24H39ClN2O3Si.C11H16O2.C8H11ClN2O2/c1-23(2,3)27-16-21(25)22(15-26-27)29-18-20-11-9-19(10-12-20)17-28-13-14-30-31(7,8)24(4,5)6;1-2-7-13-9-11-5-3-10(8-12)4-6-11;1-8(2,3)11-7(13)6(9)5(12)4-10-11/h9-12,15H,13-14,16-18H2,1-8H3;3-6,12H,2,7-9H2,1H3;4,12H,1-3H3/i13D2,14D2,18D2;2D2,7D2,8D2;. The summed E-state index contributed by atoms with van der Waals surface area (Å²) in [7, 11) is -2.60. The van der Waals surface area contributed by atoms with Gasteiger partial charge in [0.1, 0.15) is 6.56 Å². The zero-order valence-electron chi connectivity index (χ0n) is 46.9. The number of benzene rings is 2. The first-order valence-electron chi connectivity index (χ1n) is 24.0. The van der Waals surface area contributed by atoms with E-state index >= 15 is 0 Å². The second-order valence-corrected chi connectivity index (χ2v) is 21.7. The lowest BCUT2D eigenvalue weighted by Crippen LogP contribution is -2.41. The van der Waals surface area contributed by atoms with Gasteiger partial charge in [0.05, 0.1) is 76.1 Å². The van der Waals surface area contributed by atoms with Crippen LogP contribution in [0, 0.1) is 0 Å². The molecule has 0 aliphatic carbocycles. The number of halogens is 2. The number of aromatic hydroxyl groups is 1. The van der Waals surface area contributed by atoms with Crippen LogP contribution in [0.2, 0.25) is 23.2 Å². The van der Waals surface area contributed by atoms with E-state index in [9.17, 15) is 4.79 Å². The topological polar surface area (TPSA) is 128 Å². The summed E-state index contributed by atoms with van der Waals surface area (Å²) in [5.74, 6) is -0.135. The highest BCUT2D eigenvalue weighted by atomic mass is 35.5. The van der Waals surface area contributed by atoms with Gasteiger partial charge in [-0.2, -0.15) is 10.2 Å². The molecule has 2 heterocycles. The molecule has 0 spiro atoms. The average Bonchev–Trinajstić information content (AvgIpc) is 3.17. The molecule has 57 heavy (non-hydrogen) atoms. The fraction of sp³-hybridized carbons (Fsp3) is 0.558. The molecular weight excluding hydrogens is 783 g/mol. The van der Waals surface area contributed by atoms with Gasteiger partial charge in [0.2, 0.25) is 0 Å². The number of hydrogen-bond donors (Lipinski definition) is 2. The Kier molecular flexibility index (Phi) is 13.4. The minimum absolute atomic E-state index is 0.0880. The molecule has 1 aliphatic rings. The van der Waals surface area contributed by atoms with Crippen molar-refractivity contribution in [1.82, 2.24) is 14.8 Å². The van der Waals surface area contributed by atoms with Crippen LogP contribution in [0.3, 0.4) is 0 Å². The Bertz CT molecular complexity index is 2310. The van der Waals surface area contributed by atoms with Crippen LogP contribution < -0.4 is 5.56 Å². The number of nitrogens with zero attached hydrogens (tertiary/aromatic N) is 4. The summed E-state index contributed by atoms with van der Waals surface area (Å²) in [6, 6.07) is 11.9. The van der Waals surface area contributed by atoms with Crippen LogP contribution in [0.1, 0.15) is 114 Å². The quantitative estimate of drug-likeness (QED) is 0.152. The van der Waals surface area contributed by atoms with Crippen molar-refractivity contribution in [3.05, 3.63) is 103 Å². The van der Waals surface area contributed by atoms with Crippen LogP contribution in [0.4, 0.5) is 0 Å². The maximum absolute atomic E-state index is 11.4. The van der Waals surface area contributed by atoms with Gasteiger partial charge in [-0.3, -0.25) is 9.80 Å². The van der Waals surface area contributed by atoms with Crippen molar-refractivity contribution in [2.45, 2.75) is 131 Å². The Morgan fingerprint density at radius 2 is 1.35 bits per heavy atom. The van der Waals surface area contributed by atoms with Crippen LogP contribution in [0.15, 0.2) is 75.4 Å². The Hall–Kier alpha value is -3.23. The van der Waals surface area contributed by atoms with Gasteiger partial charge in [-0.05, 0) is 88.3 Å². The van der Waals surface area contributed by atoms with Gasteiger partial charge in [-0.1, -0.05) is 99.4 Å². The molecule has 14 heteroatoms. The number of allylic oxidation sites excluding steroid dienone is 1. The third-order valence-electron chi connectivity index (χ3n) is 8.37. The van der Waals surface area contributed by atoms with Crippen LogP contribution in [-0.4, -0.2) is 71.3 Å². The van der Waals surface area contributed by atoms with Crippen molar-refractivity contribution >= 4 is 37.7 Å².